The van der Waals surface area contributed by atoms with Gasteiger partial charge in [0.15, 0.2) is 0 Å². The third-order valence-electron chi connectivity index (χ3n) is 2.55. The second-order valence-corrected chi connectivity index (χ2v) is 4.40. The zero-order valence-corrected chi connectivity index (χ0v) is 11.9. The van der Waals surface area contributed by atoms with Gasteiger partial charge in [0.25, 0.3) is 0 Å². The molecular weight excluding hydrogens is 268 g/mol. The Morgan fingerprint density at radius 3 is 2.74 bits per heavy atom. The summed E-state index contributed by atoms with van der Waals surface area (Å²) < 4.78 is 5.04. The van der Waals surface area contributed by atoms with Gasteiger partial charge in [-0.25, -0.2) is 4.79 Å². The van der Waals surface area contributed by atoms with Gasteiger partial charge >= 0.3 is 6.03 Å². The normalized spacial score (nSPS) is 10.1. The second kappa shape index (κ2) is 7.86. The zero-order chi connectivity index (χ0) is 14.3. The van der Waals surface area contributed by atoms with Crippen LogP contribution in [0.2, 0.25) is 5.02 Å². The summed E-state index contributed by atoms with van der Waals surface area (Å²) in [5.74, 6) is 0.556. The highest BCUT2D eigenvalue weighted by Gasteiger charge is 2.12. The molecule has 0 aliphatic carbocycles. The number of urea groups is 1. The van der Waals surface area contributed by atoms with Crippen LogP contribution < -0.4 is 10.1 Å². The molecule has 2 amide bonds. The minimum atomic E-state index is -0.253. The van der Waals surface area contributed by atoms with Gasteiger partial charge in [-0.2, -0.15) is 0 Å². The SMILES string of the molecule is CCCN(CCO)C(=O)Nc1ccc(OC)c(Cl)c1. The van der Waals surface area contributed by atoms with E-state index in [1.165, 1.54) is 7.11 Å². The fourth-order valence-electron chi connectivity index (χ4n) is 1.65. The molecule has 0 saturated carbocycles. The minimum absolute atomic E-state index is 0.0587. The van der Waals surface area contributed by atoms with Crippen LogP contribution in [0.4, 0.5) is 10.5 Å². The first-order chi connectivity index (χ1) is 9.12. The monoisotopic (exact) mass is 286 g/mol. The number of aliphatic hydroxyl groups excluding tert-OH is 1. The van der Waals surface area contributed by atoms with Crippen LogP contribution in [0.25, 0.3) is 0 Å². The van der Waals surface area contributed by atoms with Gasteiger partial charge in [-0.05, 0) is 24.6 Å². The lowest BCUT2D eigenvalue weighted by atomic mass is 10.3. The van der Waals surface area contributed by atoms with E-state index in [4.69, 9.17) is 21.4 Å². The molecule has 0 radical (unpaired) electrons. The molecule has 0 aromatic heterocycles. The molecule has 0 fully saturated rings. The zero-order valence-electron chi connectivity index (χ0n) is 11.1. The predicted octanol–water partition coefficient (Wildman–Crippen LogP) is 2.58. The fraction of sp³-hybridized carbons (Fsp3) is 0.462. The van der Waals surface area contributed by atoms with Crippen molar-refractivity contribution in [2.75, 3.05) is 32.1 Å². The molecule has 0 aliphatic heterocycles. The number of benzene rings is 1. The van der Waals surface area contributed by atoms with Gasteiger partial charge in [-0.1, -0.05) is 18.5 Å². The minimum Gasteiger partial charge on any atom is -0.495 e. The van der Waals surface area contributed by atoms with Crippen LogP contribution in [0.15, 0.2) is 18.2 Å². The van der Waals surface area contributed by atoms with Gasteiger partial charge < -0.3 is 20.1 Å². The van der Waals surface area contributed by atoms with E-state index in [1.807, 2.05) is 6.92 Å². The summed E-state index contributed by atoms with van der Waals surface area (Å²) in [6, 6.07) is 4.78. The number of hydrogen-bond acceptors (Lipinski definition) is 3. The molecule has 0 bridgehead atoms. The Hall–Kier alpha value is -1.46. The highest BCUT2D eigenvalue weighted by atomic mass is 35.5. The summed E-state index contributed by atoms with van der Waals surface area (Å²) in [7, 11) is 1.53. The van der Waals surface area contributed by atoms with Crippen molar-refractivity contribution in [2.24, 2.45) is 0 Å². The summed E-state index contributed by atoms with van der Waals surface area (Å²) in [5.41, 5.74) is 0.592. The molecule has 0 spiro atoms. The van der Waals surface area contributed by atoms with E-state index >= 15 is 0 Å². The number of rotatable bonds is 6. The first kappa shape index (κ1) is 15.6. The van der Waals surface area contributed by atoms with E-state index in [1.54, 1.807) is 23.1 Å². The molecule has 1 aromatic rings. The number of halogens is 1. The summed E-state index contributed by atoms with van der Waals surface area (Å²) >= 11 is 5.98. The number of nitrogens with one attached hydrogen (secondary N) is 1. The molecule has 6 heteroatoms. The summed E-state index contributed by atoms with van der Waals surface area (Å²) in [6.45, 7) is 2.82. The van der Waals surface area contributed by atoms with Gasteiger partial charge in [0.05, 0.1) is 18.7 Å². The third kappa shape index (κ3) is 4.61. The fourth-order valence-corrected chi connectivity index (χ4v) is 1.91. The Morgan fingerprint density at radius 2 is 2.21 bits per heavy atom. The smallest absolute Gasteiger partial charge is 0.321 e. The molecule has 0 atom stereocenters. The largest absolute Gasteiger partial charge is 0.495 e. The number of hydrogen-bond donors (Lipinski definition) is 2. The van der Waals surface area contributed by atoms with Crippen LogP contribution >= 0.6 is 11.6 Å². The summed E-state index contributed by atoms with van der Waals surface area (Å²) in [6.07, 6.45) is 0.830. The van der Waals surface area contributed by atoms with Crippen molar-refractivity contribution in [1.29, 1.82) is 0 Å². The highest BCUT2D eigenvalue weighted by Crippen LogP contribution is 2.27. The molecular formula is C13H19ClN2O3. The van der Waals surface area contributed by atoms with E-state index in [0.29, 0.717) is 29.5 Å². The highest BCUT2D eigenvalue weighted by molar-refractivity contribution is 6.32. The maximum atomic E-state index is 12.0. The Morgan fingerprint density at radius 1 is 1.47 bits per heavy atom. The van der Waals surface area contributed by atoms with E-state index in [2.05, 4.69) is 5.32 Å². The molecule has 1 rings (SSSR count). The molecule has 0 heterocycles. The molecule has 19 heavy (non-hydrogen) atoms. The van der Waals surface area contributed by atoms with Crippen molar-refractivity contribution in [1.82, 2.24) is 4.90 Å². The number of anilines is 1. The van der Waals surface area contributed by atoms with Crippen LogP contribution in [0, 0.1) is 0 Å². The molecule has 2 N–H and O–H groups in total. The van der Waals surface area contributed by atoms with Crippen LogP contribution in [0.1, 0.15) is 13.3 Å². The Bertz CT molecular complexity index is 420. The van der Waals surface area contributed by atoms with Crippen LogP contribution in [-0.4, -0.2) is 42.8 Å². The van der Waals surface area contributed by atoms with Gasteiger partial charge in [-0.3, -0.25) is 0 Å². The van der Waals surface area contributed by atoms with Crippen LogP contribution in [-0.2, 0) is 0 Å². The average molecular weight is 287 g/mol. The van der Waals surface area contributed by atoms with Crippen molar-refractivity contribution >= 4 is 23.3 Å². The van der Waals surface area contributed by atoms with Crippen molar-refractivity contribution in [3.63, 3.8) is 0 Å². The molecule has 5 nitrogen and oxygen atoms in total. The lowest BCUT2D eigenvalue weighted by Gasteiger charge is -2.21. The number of nitrogens with zero attached hydrogens (tertiary/aromatic N) is 1. The number of carbonyl (C=O) groups excluding carboxylic acids is 1. The Balaban J connectivity index is 2.71. The standard InChI is InChI=1S/C13H19ClN2O3/c1-3-6-16(7-8-17)13(18)15-10-4-5-12(19-2)11(14)9-10/h4-5,9,17H,3,6-8H2,1-2H3,(H,15,18). The molecule has 0 saturated heterocycles. The van der Waals surface area contributed by atoms with Crippen molar-refractivity contribution in [3.05, 3.63) is 23.2 Å². The van der Waals surface area contributed by atoms with Crippen LogP contribution in [0.3, 0.4) is 0 Å². The van der Waals surface area contributed by atoms with Gasteiger partial charge in [0.2, 0.25) is 0 Å². The van der Waals surface area contributed by atoms with E-state index < -0.39 is 0 Å². The first-order valence-electron chi connectivity index (χ1n) is 6.12. The maximum absolute atomic E-state index is 12.0. The van der Waals surface area contributed by atoms with Crippen molar-refractivity contribution in [2.45, 2.75) is 13.3 Å². The molecule has 1 aromatic carbocycles. The number of methoxy groups -OCH3 is 1. The molecule has 0 aliphatic rings. The number of aliphatic hydroxyl groups is 1. The second-order valence-electron chi connectivity index (χ2n) is 3.99. The Kier molecular flexibility index (Phi) is 6.45. The summed E-state index contributed by atoms with van der Waals surface area (Å²) in [4.78, 5) is 13.5. The van der Waals surface area contributed by atoms with Crippen LogP contribution in [0.5, 0.6) is 5.75 Å². The third-order valence-corrected chi connectivity index (χ3v) is 2.85. The van der Waals surface area contributed by atoms with Crippen molar-refractivity contribution < 1.29 is 14.6 Å². The number of amides is 2. The Labute approximate surface area is 118 Å². The van der Waals surface area contributed by atoms with Gasteiger partial charge in [0, 0.05) is 18.8 Å². The average Bonchev–Trinajstić information content (AvgIpc) is 2.38. The first-order valence-corrected chi connectivity index (χ1v) is 6.50. The van der Waals surface area contributed by atoms with Crippen molar-refractivity contribution in [3.8, 4) is 5.75 Å². The lowest BCUT2D eigenvalue weighted by molar-refractivity contribution is 0.188. The van der Waals surface area contributed by atoms with E-state index in [0.717, 1.165) is 6.42 Å². The molecule has 0 unspecified atom stereocenters. The maximum Gasteiger partial charge on any atom is 0.321 e. The van der Waals surface area contributed by atoms with Gasteiger partial charge in [-0.15, -0.1) is 0 Å². The molecule has 106 valence electrons. The summed E-state index contributed by atoms with van der Waals surface area (Å²) in [5, 5.41) is 12.1. The van der Waals surface area contributed by atoms with E-state index in [9.17, 15) is 4.79 Å². The van der Waals surface area contributed by atoms with Gasteiger partial charge in [0.1, 0.15) is 5.75 Å². The topological polar surface area (TPSA) is 61.8 Å². The predicted molar refractivity (Wildman–Crippen MR) is 76.0 cm³/mol. The lowest BCUT2D eigenvalue weighted by Crippen LogP contribution is -2.37. The van der Waals surface area contributed by atoms with E-state index in [-0.39, 0.29) is 12.6 Å². The number of ether oxygens (including phenoxy) is 1. The number of carbonyl (C=O) groups is 1. The quantitative estimate of drug-likeness (QED) is 0.845.